The van der Waals surface area contributed by atoms with Crippen LogP contribution in [0.5, 0.6) is 5.75 Å². The van der Waals surface area contributed by atoms with Gasteiger partial charge in [0.05, 0.1) is 11.6 Å². The van der Waals surface area contributed by atoms with Gasteiger partial charge in [0.25, 0.3) is 0 Å². The Morgan fingerprint density at radius 1 is 1.33 bits per heavy atom. The highest BCUT2D eigenvalue weighted by Crippen LogP contribution is 2.22. The monoisotopic (exact) mass is 352 g/mol. The molecule has 0 aromatic heterocycles. The van der Waals surface area contributed by atoms with Crippen LogP contribution < -0.4 is 15.4 Å². The number of para-hydroxylation sites is 1. The smallest absolute Gasteiger partial charge is 0.191 e. The summed E-state index contributed by atoms with van der Waals surface area (Å²) in [5.74, 6) is 1.55. The Balaban J connectivity index is 1.67. The van der Waals surface area contributed by atoms with E-state index in [0.29, 0.717) is 36.0 Å². The summed E-state index contributed by atoms with van der Waals surface area (Å²) in [6.45, 7) is 8.01. The number of ether oxygens (including phenoxy) is 1. The van der Waals surface area contributed by atoms with E-state index in [1.807, 2.05) is 24.3 Å². The fourth-order valence-corrected chi connectivity index (χ4v) is 3.03. The molecule has 5 nitrogen and oxygen atoms in total. The molecule has 1 fully saturated rings. The van der Waals surface area contributed by atoms with Crippen LogP contribution in [0, 0.1) is 0 Å². The molecule has 0 atom stereocenters. The van der Waals surface area contributed by atoms with Crippen LogP contribution in [-0.2, 0) is 0 Å². The fraction of sp³-hybridized carbons (Fsp3) is 0.611. The number of halogens is 1. The average Bonchev–Trinajstić information content (AvgIpc) is 2.59. The fourth-order valence-electron chi connectivity index (χ4n) is 2.84. The Morgan fingerprint density at radius 2 is 2.04 bits per heavy atom. The second kappa shape index (κ2) is 9.74. The molecule has 134 valence electrons. The quantitative estimate of drug-likeness (QED) is 0.469. The minimum Gasteiger partial charge on any atom is -0.490 e. The summed E-state index contributed by atoms with van der Waals surface area (Å²) in [5.41, 5.74) is 0. The number of benzene rings is 1. The van der Waals surface area contributed by atoms with Crippen LogP contribution >= 0.6 is 11.6 Å². The van der Waals surface area contributed by atoms with Crippen LogP contribution in [0.15, 0.2) is 29.3 Å². The number of nitrogens with one attached hydrogen (secondary N) is 2. The van der Waals surface area contributed by atoms with E-state index in [1.54, 1.807) is 7.05 Å². The molecule has 1 aromatic rings. The van der Waals surface area contributed by atoms with E-state index in [1.165, 1.54) is 0 Å². The van der Waals surface area contributed by atoms with Gasteiger partial charge >= 0.3 is 0 Å². The average molecular weight is 353 g/mol. The molecular formula is C18H29ClN4O. The molecule has 0 saturated carbocycles. The van der Waals surface area contributed by atoms with Crippen molar-refractivity contribution < 1.29 is 4.74 Å². The summed E-state index contributed by atoms with van der Waals surface area (Å²) in [7, 11) is 1.80. The maximum atomic E-state index is 6.07. The molecule has 2 N–H and O–H groups in total. The Bertz CT molecular complexity index is 528. The van der Waals surface area contributed by atoms with Crippen molar-refractivity contribution in [3.05, 3.63) is 29.3 Å². The van der Waals surface area contributed by atoms with E-state index >= 15 is 0 Å². The highest BCUT2D eigenvalue weighted by atomic mass is 35.5. The van der Waals surface area contributed by atoms with Gasteiger partial charge in [0.2, 0.25) is 0 Å². The van der Waals surface area contributed by atoms with E-state index in [-0.39, 0.29) is 0 Å². The number of rotatable bonds is 6. The number of likely N-dealkylation sites (tertiary alicyclic amines) is 1. The molecule has 0 unspecified atom stereocenters. The van der Waals surface area contributed by atoms with Gasteiger partial charge in [0.15, 0.2) is 5.96 Å². The number of nitrogens with zero attached hydrogens (tertiary/aromatic N) is 2. The largest absolute Gasteiger partial charge is 0.490 e. The van der Waals surface area contributed by atoms with Crippen LogP contribution in [0.2, 0.25) is 5.02 Å². The third kappa shape index (κ3) is 5.87. The maximum Gasteiger partial charge on any atom is 0.191 e. The molecule has 0 bridgehead atoms. The van der Waals surface area contributed by atoms with Crippen LogP contribution in [0.25, 0.3) is 0 Å². The molecular weight excluding hydrogens is 324 g/mol. The predicted molar refractivity (Wildman–Crippen MR) is 101 cm³/mol. The summed E-state index contributed by atoms with van der Waals surface area (Å²) < 4.78 is 5.68. The van der Waals surface area contributed by atoms with Gasteiger partial charge in [-0.1, -0.05) is 23.7 Å². The van der Waals surface area contributed by atoms with Gasteiger partial charge in [-0.15, -0.1) is 0 Å². The number of guanidine groups is 1. The van der Waals surface area contributed by atoms with Gasteiger partial charge < -0.3 is 20.3 Å². The van der Waals surface area contributed by atoms with Crippen LogP contribution in [0.3, 0.4) is 0 Å². The second-order valence-electron chi connectivity index (χ2n) is 6.33. The normalized spacial score (nSPS) is 17.1. The lowest BCUT2D eigenvalue weighted by molar-refractivity contribution is 0.167. The van der Waals surface area contributed by atoms with Gasteiger partial charge in [0.1, 0.15) is 12.4 Å². The van der Waals surface area contributed by atoms with Crippen molar-refractivity contribution in [1.82, 2.24) is 15.5 Å². The van der Waals surface area contributed by atoms with Gasteiger partial charge in [-0.05, 0) is 38.8 Å². The van der Waals surface area contributed by atoms with Crippen LogP contribution in [0.1, 0.15) is 26.7 Å². The van der Waals surface area contributed by atoms with Gasteiger partial charge in [0, 0.05) is 32.2 Å². The lowest BCUT2D eigenvalue weighted by atomic mass is 10.0. The zero-order chi connectivity index (χ0) is 17.4. The number of hydrogen-bond acceptors (Lipinski definition) is 3. The van der Waals surface area contributed by atoms with E-state index in [4.69, 9.17) is 16.3 Å². The summed E-state index contributed by atoms with van der Waals surface area (Å²) in [6, 6.07) is 8.62. The van der Waals surface area contributed by atoms with Crippen molar-refractivity contribution in [3.63, 3.8) is 0 Å². The van der Waals surface area contributed by atoms with Crippen LogP contribution in [-0.4, -0.2) is 56.2 Å². The molecule has 24 heavy (non-hydrogen) atoms. The third-order valence-corrected chi connectivity index (χ3v) is 4.63. The molecule has 1 aromatic carbocycles. The topological polar surface area (TPSA) is 48.9 Å². The van der Waals surface area contributed by atoms with E-state index < -0.39 is 0 Å². The van der Waals surface area contributed by atoms with Crippen LogP contribution in [0.4, 0.5) is 0 Å². The number of hydrogen-bond donors (Lipinski definition) is 2. The van der Waals surface area contributed by atoms with Crippen molar-refractivity contribution >= 4 is 17.6 Å². The van der Waals surface area contributed by atoms with Gasteiger partial charge in [-0.2, -0.15) is 0 Å². The first kappa shape index (κ1) is 18.9. The first-order valence-electron chi connectivity index (χ1n) is 8.68. The summed E-state index contributed by atoms with van der Waals surface area (Å²) in [4.78, 5) is 6.82. The molecule has 1 aliphatic heterocycles. The van der Waals surface area contributed by atoms with Crippen molar-refractivity contribution in [3.8, 4) is 5.75 Å². The maximum absolute atomic E-state index is 6.07. The first-order chi connectivity index (χ1) is 11.6. The lowest BCUT2D eigenvalue weighted by Gasteiger charge is -2.35. The summed E-state index contributed by atoms with van der Waals surface area (Å²) in [6.07, 6.45) is 2.30. The molecule has 0 aliphatic carbocycles. The van der Waals surface area contributed by atoms with Crippen molar-refractivity contribution in [2.75, 3.05) is 33.3 Å². The zero-order valence-corrected chi connectivity index (χ0v) is 15.6. The second-order valence-corrected chi connectivity index (χ2v) is 6.73. The number of piperidine rings is 1. The zero-order valence-electron chi connectivity index (χ0n) is 14.9. The lowest BCUT2D eigenvalue weighted by Crippen LogP contribution is -2.50. The first-order valence-corrected chi connectivity index (χ1v) is 9.06. The Labute approximate surface area is 150 Å². The molecule has 0 radical (unpaired) electrons. The van der Waals surface area contributed by atoms with E-state index in [2.05, 4.69) is 34.4 Å². The third-order valence-electron chi connectivity index (χ3n) is 4.31. The molecule has 0 amide bonds. The highest BCUT2D eigenvalue weighted by Gasteiger charge is 2.21. The Kier molecular flexibility index (Phi) is 7.66. The molecule has 1 heterocycles. The van der Waals surface area contributed by atoms with Gasteiger partial charge in [-0.3, -0.25) is 4.99 Å². The predicted octanol–water partition coefficient (Wildman–Crippen LogP) is 2.76. The molecule has 1 saturated heterocycles. The summed E-state index contributed by atoms with van der Waals surface area (Å²) >= 11 is 6.07. The minimum absolute atomic E-state index is 0.482. The van der Waals surface area contributed by atoms with E-state index in [9.17, 15) is 0 Å². The summed E-state index contributed by atoms with van der Waals surface area (Å²) in [5, 5.41) is 7.44. The molecule has 0 spiro atoms. The Hall–Kier alpha value is -1.46. The molecule has 6 heteroatoms. The molecule has 1 aliphatic rings. The standard InChI is InChI=1S/C18H29ClN4O/c1-14(2)23-11-8-15(9-12-23)22-18(20-3)21-10-13-24-17-7-5-4-6-16(17)19/h4-7,14-15H,8-13H2,1-3H3,(H2,20,21,22). The van der Waals surface area contributed by atoms with Crippen molar-refractivity contribution in [1.29, 1.82) is 0 Å². The van der Waals surface area contributed by atoms with Crippen molar-refractivity contribution in [2.24, 2.45) is 4.99 Å². The number of aliphatic imine (C=N–C) groups is 1. The minimum atomic E-state index is 0.482. The SMILES string of the molecule is CN=C(NCCOc1ccccc1Cl)NC1CCN(C(C)C)CC1. The highest BCUT2D eigenvalue weighted by molar-refractivity contribution is 6.32. The van der Waals surface area contributed by atoms with E-state index in [0.717, 1.165) is 31.9 Å². The molecule has 2 rings (SSSR count). The van der Waals surface area contributed by atoms with Gasteiger partial charge in [-0.25, -0.2) is 0 Å². The Morgan fingerprint density at radius 3 is 2.67 bits per heavy atom. The van der Waals surface area contributed by atoms with Crippen molar-refractivity contribution in [2.45, 2.75) is 38.8 Å².